The summed E-state index contributed by atoms with van der Waals surface area (Å²) in [5.74, 6) is 0. The van der Waals surface area contributed by atoms with E-state index in [1.165, 1.54) is 16.8 Å². The first-order valence-electron chi connectivity index (χ1n) is 6.98. The largest absolute Gasteiger partial charge is 0.313 e. The quantitative estimate of drug-likeness (QED) is 0.775. The summed E-state index contributed by atoms with van der Waals surface area (Å²) in [5, 5.41) is 12.2. The van der Waals surface area contributed by atoms with Gasteiger partial charge in [-0.2, -0.15) is 10.2 Å². The lowest BCUT2D eigenvalue weighted by molar-refractivity contribution is 0.644. The van der Waals surface area contributed by atoms with Crippen molar-refractivity contribution in [2.24, 2.45) is 0 Å². The Morgan fingerprint density at radius 1 is 1.21 bits per heavy atom. The summed E-state index contributed by atoms with van der Waals surface area (Å²) in [6, 6.07) is 0. The van der Waals surface area contributed by atoms with E-state index in [1.54, 1.807) is 0 Å². The third-order valence-electron chi connectivity index (χ3n) is 3.29. The SMILES string of the molecule is CCCNCc1cnn(Cc2cnn(CC)c2)c1C. The summed E-state index contributed by atoms with van der Waals surface area (Å²) in [4.78, 5) is 0. The normalized spacial score (nSPS) is 11.1. The second-order valence-corrected chi connectivity index (χ2v) is 4.79. The van der Waals surface area contributed by atoms with E-state index in [1.807, 2.05) is 21.8 Å². The highest BCUT2D eigenvalue weighted by Gasteiger charge is 2.07. The van der Waals surface area contributed by atoms with Gasteiger partial charge in [0, 0.05) is 36.1 Å². The summed E-state index contributed by atoms with van der Waals surface area (Å²) >= 11 is 0. The Labute approximate surface area is 114 Å². The monoisotopic (exact) mass is 261 g/mol. The van der Waals surface area contributed by atoms with Crippen LogP contribution in [0, 0.1) is 6.92 Å². The van der Waals surface area contributed by atoms with Crippen LogP contribution in [0.5, 0.6) is 0 Å². The number of aromatic nitrogens is 4. The minimum Gasteiger partial charge on any atom is -0.313 e. The summed E-state index contributed by atoms with van der Waals surface area (Å²) in [7, 11) is 0. The molecule has 5 nitrogen and oxygen atoms in total. The summed E-state index contributed by atoms with van der Waals surface area (Å²) in [6.07, 6.45) is 7.11. The van der Waals surface area contributed by atoms with Gasteiger partial charge in [0.15, 0.2) is 0 Å². The average molecular weight is 261 g/mol. The third-order valence-corrected chi connectivity index (χ3v) is 3.29. The summed E-state index contributed by atoms with van der Waals surface area (Å²) in [5.41, 5.74) is 3.70. The molecule has 0 spiro atoms. The zero-order chi connectivity index (χ0) is 13.7. The van der Waals surface area contributed by atoms with Gasteiger partial charge in [0.05, 0.1) is 18.9 Å². The van der Waals surface area contributed by atoms with Crippen molar-refractivity contribution >= 4 is 0 Å². The van der Waals surface area contributed by atoms with Crippen molar-refractivity contribution in [2.45, 2.75) is 46.8 Å². The van der Waals surface area contributed by atoms with Crippen LogP contribution in [-0.4, -0.2) is 26.1 Å². The molecule has 104 valence electrons. The van der Waals surface area contributed by atoms with Crippen LogP contribution in [0.1, 0.15) is 37.1 Å². The second kappa shape index (κ2) is 6.52. The van der Waals surface area contributed by atoms with Crippen LogP contribution in [0.3, 0.4) is 0 Å². The van der Waals surface area contributed by atoms with Crippen molar-refractivity contribution in [3.63, 3.8) is 0 Å². The molecule has 2 aromatic rings. The van der Waals surface area contributed by atoms with Crippen molar-refractivity contribution in [3.05, 3.63) is 35.4 Å². The summed E-state index contributed by atoms with van der Waals surface area (Å²) in [6.45, 7) is 10.0. The average Bonchev–Trinajstić information content (AvgIpc) is 3.00. The zero-order valence-electron chi connectivity index (χ0n) is 12.1. The number of nitrogens with zero attached hydrogens (tertiary/aromatic N) is 4. The number of rotatable bonds is 7. The Kier molecular flexibility index (Phi) is 4.74. The molecule has 0 aliphatic heterocycles. The lowest BCUT2D eigenvalue weighted by Crippen LogP contribution is -2.14. The van der Waals surface area contributed by atoms with Crippen LogP contribution in [0.25, 0.3) is 0 Å². The van der Waals surface area contributed by atoms with Gasteiger partial charge in [0.2, 0.25) is 0 Å². The van der Waals surface area contributed by atoms with Gasteiger partial charge in [0.25, 0.3) is 0 Å². The molecular formula is C14H23N5. The van der Waals surface area contributed by atoms with Crippen molar-refractivity contribution in [1.29, 1.82) is 0 Å². The molecule has 0 fully saturated rings. The van der Waals surface area contributed by atoms with E-state index < -0.39 is 0 Å². The first-order valence-corrected chi connectivity index (χ1v) is 6.98. The van der Waals surface area contributed by atoms with Crippen molar-refractivity contribution in [1.82, 2.24) is 24.9 Å². The maximum Gasteiger partial charge on any atom is 0.0693 e. The van der Waals surface area contributed by atoms with E-state index >= 15 is 0 Å². The Bertz CT molecular complexity index is 512. The molecule has 0 aromatic carbocycles. The van der Waals surface area contributed by atoms with Crippen LogP contribution >= 0.6 is 0 Å². The maximum atomic E-state index is 4.46. The van der Waals surface area contributed by atoms with E-state index in [4.69, 9.17) is 0 Å². The first-order chi connectivity index (χ1) is 9.24. The molecule has 0 radical (unpaired) electrons. The minimum atomic E-state index is 0.791. The topological polar surface area (TPSA) is 47.7 Å². The summed E-state index contributed by atoms with van der Waals surface area (Å²) < 4.78 is 3.98. The number of hydrogen-bond acceptors (Lipinski definition) is 3. The van der Waals surface area contributed by atoms with Crippen LogP contribution < -0.4 is 5.32 Å². The molecule has 0 unspecified atom stereocenters. The molecule has 2 aromatic heterocycles. The molecular weight excluding hydrogens is 238 g/mol. The maximum absolute atomic E-state index is 4.46. The van der Waals surface area contributed by atoms with E-state index in [0.29, 0.717) is 0 Å². The third kappa shape index (κ3) is 3.44. The van der Waals surface area contributed by atoms with Gasteiger partial charge in [-0.25, -0.2) is 0 Å². The Hall–Kier alpha value is -1.62. The molecule has 0 saturated heterocycles. The molecule has 2 rings (SSSR count). The van der Waals surface area contributed by atoms with Gasteiger partial charge in [-0.15, -0.1) is 0 Å². The number of nitrogens with one attached hydrogen (secondary N) is 1. The molecule has 1 N–H and O–H groups in total. The van der Waals surface area contributed by atoms with Crippen molar-refractivity contribution in [2.75, 3.05) is 6.54 Å². The van der Waals surface area contributed by atoms with E-state index in [2.05, 4.69) is 42.5 Å². The predicted molar refractivity (Wildman–Crippen MR) is 76.0 cm³/mol. The van der Waals surface area contributed by atoms with Crippen LogP contribution in [0.2, 0.25) is 0 Å². The van der Waals surface area contributed by atoms with Crippen LogP contribution in [0.4, 0.5) is 0 Å². The number of aryl methyl sites for hydroxylation is 1. The van der Waals surface area contributed by atoms with Gasteiger partial charge in [0.1, 0.15) is 0 Å². The zero-order valence-corrected chi connectivity index (χ0v) is 12.1. The molecule has 19 heavy (non-hydrogen) atoms. The molecule has 0 bridgehead atoms. The predicted octanol–water partition coefficient (Wildman–Crippen LogP) is 1.96. The highest BCUT2D eigenvalue weighted by molar-refractivity contribution is 5.17. The fourth-order valence-electron chi connectivity index (χ4n) is 2.05. The van der Waals surface area contributed by atoms with Crippen LogP contribution in [-0.2, 0) is 19.6 Å². The standard InChI is InChI=1S/C14H23N5/c1-4-6-15-8-14-9-17-19(12(14)3)11-13-7-16-18(5-2)10-13/h7,9-10,15H,4-6,8,11H2,1-3H3. The van der Waals surface area contributed by atoms with Gasteiger partial charge in [-0.3, -0.25) is 9.36 Å². The number of hydrogen-bond donors (Lipinski definition) is 1. The van der Waals surface area contributed by atoms with Crippen LogP contribution in [0.15, 0.2) is 18.6 Å². The van der Waals surface area contributed by atoms with E-state index in [0.717, 1.165) is 32.6 Å². The van der Waals surface area contributed by atoms with Gasteiger partial charge in [-0.1, -0.05) is 6.92 Å². The second-order valence-electron chi connectivity index (χ2n) is 4.79. The van der Waals surface area contributed by atoms with Gasteiger partial charge in [-0.05, 0) is 26.8 Å². The van der Waals surface area contributed by atoms with Crippen molar-refractivity contribution in [3.8, 4) is 0 Å². The lowest BCUT2D eigenvalue weighted by Gasteiger charge is -2.05. The van der Waals surface area contributed by atoms with E-state index in [-0.39, 0.29) is 0 Å². The molecule has 0 amide bonds. The molecule has 0 saturated carbocycles. The Balaban J connectivity index is 2.00. The molecule has 2 heterocycles. The Morgan fingerprint density at radius 3 is 2.74 bits per heavy atom. The molecule has 0 atom stereocenters. The van der Waals surface area contributed by atoms with E-state index in [9.17, 15) is 0 Å². The van der Waals surface area contributed by atoms with Gasteiger partial charge < -0.3 is 5.32 Å². The molecule has 0 aliphatic carbocycles. The Morgan fingerprint density at radius 2 is 2.05 bits per heavy atom. The fraction of sp³-hybridized carbons (Fsp3) is 0.571. The van der Waals surface area contributed by atoms with Gasteiger partial charge >= 0.3 is 0 Å². The fourth-order valence-corrected chi connectivity index (χ4v) is 2.05. The minimum absolute atomic E-state index is 0.791. The highest BCUT2D eigenvalue weighted by Crippen LogP contribution is 2.09. The smallest absolute Gasteiger partial charge is 0.0693 e. The first kappa shape index (κ1) is 13.8. The molecule has 5 heteroatoms. The highest BCUT2D eigenvalue weighted by atomic mass is 15.3. The molecule has 0 aliphatic rings. The van der Waals surface area contributed by atoms with Crippen molar-refractivity contribution < 1.29 is 0 Å². The lowest BCUT2D eigenvalue weighted by atomic mass is 10.2.